The molecule has 0 radical (unpaired) electrons. The standard InChI is InChI=1S/C32H42N8O4/c1-23-21-24(2)40-15-11-28(31(40)34-23)32(42)35-26-8-6-25(7-9-26)29-22-39(37-36-29)16-18-44-20-19-43-17-12-30(41)33-13-10-27-5-4-14-38(27)3/h6-9,11,15,21-22,27H,4-5,10,12-14,16-20H2,1-3H3,(H,33,41)(H,35,42). The Hall–Kier alpha value is -4.13. The van der Waals surface area contributed by atoms with Gasteiger partial charge in [-0.25, -0.2) is 9.67 Å². The first-order valence-electron chi connectivity index (χ1n) is 15.3. The van der Waals surface area contributed by atoms with Crippen molar-refractivity contribution in [2.45, 2.75) is 52.1 Å². The summed E-state index contributed by atoms with van der Waals surface area (Å²) in [5.41, 5.74) is 5.36. The molecule has 1 fully saturated rings. The Balaban J connectivity index is 0.964. The van der Waals surface area contributed by atoms with Gasteiger partial charge in [-0.05, 0) is 71.0 Å². The molecule has 1 aliphatic rings. The van der Waals surface area contributed by atoms with E-state index in [2.05, 4.69) is 37.9 Å². The van der Waals surface area contributed by atoms with Gasteiger partial charge in [0.05, 0.1) is 44.7 Å². The molecule has 3 aromatic heterocycles. The van der Waals surface area contributed by atoms with Crippen molar-refractivity contribution in [2.75, 3.05) is 51.9 Å². The van der Waals surface area contributed by atoms with Crippen molar-refractivity contribution in [2.24, 2.45) is 0 Å². The second-order valence-corrected chi connectivity index (χ2v) is 11.3. The maximum absolute atomic E-state index is 12.9. The van der Waals surface area contributed by atoms with E-state index in [1.807, 2.05) is 61.0 Å². The molecule has 12 nitrogen and oxygen atoms in total. The molecule has 2 amide bonds. The lowest BCUT2D eigenvalue weighted by atomic mass is 10.1. The van der Waals surface area contributed by atoms with Crippen molar-refractivity contribution in [3.8, 4) is 11.3 Å². The molecule has 234 valence electrons. The van der Waals surface area contributed by atoms with Crippen LogP contribution in [0.25, 0.3) is 16.9 Å². The van der Waals surface area contributed by atoms with Gasteiger partial charge in [0.2, 0.25) is 5.91 Å². The number of likely N-dealkylation sites (tertiary alicyclic amines) is 1. The molecule has 0 aliphatic carbocycles. The number of ether oxygens (including phenoxy) is 2. The number of aromatic nitrogens is 5. The molecular weight excluding hydrogens is 560 g/mol. The normalized spacial score (nSPS) is 15.2. The Bertz CT molecular complexity index is 1550. The lowest BCUT2D eigenvalue weighted by molar-refractivity contribution is -0.122. The van der Waals surface area contributed by atoms with E-state index in [1.165, 1.54) is 12.8 Å². The fourth-order valence-corrected chi connectivity index (χ4v) is 5.49. The fourth-order valence-electron chi connectivity index (χ4n) is 5.49. The summed E-state index contributed by atoms with van der Waals surface area (Å²) < 4.78 is 14.8. The monoisotopic (exact) mass is 602 g/mol. The topological polar surface area (TPSA) is 128 Å². The van der Waals surface area contributed by atoms with E-state index in [9.17, 15) is 9.59 Å². The molecule has 1 atom stereocenters. The number of amides is 2. The van der Waals surface area contributed by atoms with E-state index in [0.29, 0.717) is 62.3 Å². The second-order valence-electron chi connectivity index (χ2n) is 11.3. The van der Waals surface area contributed by atoms with E-state index in [4.69, 9.17) is 9.47 Å². The first-order chi connectivity index (χ1) is 21.4. The summed E-state index contributed by atoms with van der Waals surface area (Å²) in [5.74, 6) is -0.181. The zero-order valence-electron chi connectivity index (χ0n) is 25.8. The Morgan fingerprint density at radius 2 is 1.84 bits per heavy atom. The van der Waals surface area contributed by atoms with E-state index < -0.39 is 0 Å². The number of aryl methyl sites for hydroxylation is 2. The SMILES string of the molecule is Cc1cc(C)n2ccc(C(=O)Nc3ccc(-c4cn(CCOCCOCCC(=O)NCCC5CCCN5C)nn4)cc3)c2n1. The van der Waals surface area contributed by atoms with Gasteiger partial charge in [-0.15, -0.1) is 5.10 Å². The summed E-state index contributed by atoms with van der Waals surface area (Å²) in [6, 6.07) is 11.8. The number of nitrogens with zero attached hydrogens (tertiary/aromatic N) is 6. The van der Waals surface area contributed by atoms with Crippen LogP contribution < -0.4 is 10.6 Å². The molecule has 12 heteroatoms. The van der Waals surface area contributed by atoms with E-state index in [-0.39, 0.29) is 11.8 Å². The van der Waals surface area contributed by atoms with Crippen molar-refractivity contribution in [3.63, 3.8) is 0 Å². The molecule has 1 unspecified atom stereocenters. The summed E-state index contributed by atoms with van der Waals surface area (Å²) in [4.78, 5) is 31.8. The highest BCUT2D eigenvalue weighted by molar-refractivity contribution is 6.08. The van der Waals surface area contributed by atoms with Crippen LogP contribution in [-0.4, -0.2) is 93.7 Å². The van der Waals surface area contributed by atoms with Crippen LogP contribution in [0.2, 0.25) is 0 Å². The molecule has 1 aromatic carbocycles. The predicted octanol–water partition coefficient (Wildman–Crippen LogP) is 3.49. The molecule has 44 heavy (non-hydrogen) atoms. The number of carbonyl (C=O) groups is 2. The zero-order chi connectivity index (χ0) is 30.9. The molecule has 4 aromatic rings. The van der Waals surface area contributed by atoms with Gasteiger partial charge in [0, 0.05) is 47.8 Å². The van der Waals surface area contributed by atoms with Gasteiger partial charge < -0.3 is 29.4 Å². The maximum Gasteiger partial charge on any atom is 0.259 e. The average molecular weight is 603 g/mol. The highest BCUT2D eigenvalue weighted by Crippen LogP contribution is 2.21. The summed E-state index contributed by atoms with van der Waals surface area (Å²) in [6.45, 7) is 8.06. The Kier molecular flexibility index (Phi) is 10.7. The van der Waals surface area contributed by atoms with Crippen LogP contribution in [0.4, 0.5) is 5.69 Å². The van der Waals surface area contributed by atoms with Crippen LogP contribution >= 0.6 is 0 Å². The number of hydrogen-bond acceptors (Lipinski definition) is 8. The van der Waals surface area contributed by atoms with Gasteiger partial charge in [0.25, 0.3) is 5.91 Å². The highest BCUT2D eigenvalue weighted by atomic mass is 16.5. The predicted molar refractivity (Wildman–Crippen MR) is 168 cm³/mol. The fraction of sp³-hybridized carbons (Fsp3) is 0.469. The Morgan fingerprint density at radius 1 is 1.05 bits per heavy atom. The Morgan fingerprint density at radius 3 is 2.61 bits per heavy atom. The maximum atomic E-state index is 12.9. The van der Waals surface area contributed by atoms with Gasteiger partial charge in [-0.3, -0.25) is 9.59 Å². The summed E-state index contributed by atoms with van der Waals surface area (Å²) in [6.07, 6.45) is 7.54. The zero-order valence-corrected chi connectivity index (χ0v) is 25.8. The highest BCUT2D eigenvalue weighted by Gasteiger charge is 2.20. The molecule has 2 N–H and O–H groups in total. The minimum atomic E-state index is -0.210. The van der Waals surface area contributed by atoms with Crippen molar-refractivity contribution in [1.29, 1.82) is 0 Å². The van der Waals surface area contributed by atoms with Gasteiger partial charge in [-0.1, -0.05) is 17.3 Å². The molecule has 0 bridgehead atoms. The third-order valence-electron chi connectivity index (χ3n) is 7.94. The lowest BCUT2D eigenvalue weighted by Crippen LogP contribution is -2.32. The molecule has 0 saturated carbocycles. The van der Waals surface area contributed by atoms with E-state index in [1.54, 1.807) is 10.7 Å². The summed E-state index contributed by atoms with van der Waals surface area (Å²) in [5, 5.41) is 14.4. The number of nitrogens with one attached hydrogen (secondary N) is 2. The number of hydrogen-bond donors (Lipinski definition) is 2. The number of fused-ring (bicyclic) bond motifs is 1. The minimum absolute atomic E-state index is 0.0291. The van der Waals surface area contributed by atoms with Crippen LogP contribution in [0.3, 0.4) is 0 Å². The van der Waals surface area contributed by atoms with Crippen molar-refractivity contribution in [1.82, 2.24) is 34.6 Å². The third kappa shape index (κ3) is 8.28. The van der Waals surface area contributed by atoms with E-state index in [0.717, 1.165) is 42.2 Å². The lowest BCUT2D eigenvalue weighted by Gasteiger charge is -2.19. The first kappa shape index (κ1) is 31.3. The quantitative estimate of drug-likeness (QED) is 0.198. The van der Waals surface area contributed by atoms with Crippen LogP contribution in [0.5, 0.6) is 0 Å². The van der Waals surface area contributed by atoms with Crippen LogP contribution in [0.15, 0.2) is 48.8 Å². The molecule has 5 rings (SSSR count). The third-order valence-corrected chi connectivity index (χ3v) is 7.94. The Labute approximate surface area is 257 Å². The minimum Gasteiger partial charge on any atom is -0.379 e. The smallest absolute Gasteiger partial charge is 0.259 e. The van der Waals surface area contributed by atoms with Crippen LogP contribution in [0, 0.1) is 13.8 Å². The van der Waals surface area contributed by atoms with Crippen molar-refractivity contribution in [3.05, 3.63) is 65.7 Å². The number of benzene rings is 1. The molecule has 0 spiro atoms. The van der Waals surface area contributed by atoms with E-state index >= 15 is 0 Å². The first-order valence-corrected chi connectivity index (χ1v) is 15.3. The summed E-state index contributed by atoms with van der Waals surface area (Å²) in [7, 11) is 2.15. The number of rotatable bonds is 15. The van der Waals surface area contributed by atoms with Crippen LogP contribution in [0.1, 0.15) is 47.4 Å². The average Bonchev–Trinajstić information content (AvgIpc) is 3.75. The van der Waals surface area contributed by atoms with Crippen molar-refractivity contribution >= 4 is 23.1 Å². The van der Waals surface area contributed by atoms with Gasteiger partial charge in [-0.2, -0.15) is 0 Å². The number of anilines is 1. The largest absolute Gasteiger partial charge is 0.379 e. The van der Waals surface area contributed by atoms with Crippen molar-refractivity contribution < 1.29 is 19.1 Å². The van der Waals surface area contributed by atoms with Gasteiger partial charge in [0.15, 0.2) is 0 Å². The van der Waals surface area contributed by atoms with Gasteiger partial charge >= 0.3 is 0 Å². The number of carbonyl (C=O) groups excluding carboxylic acids is 2. The molecule has 1 saturated heterocycles. The molecule has 4 heterocycles. The van der Waals surface area contributed by atoms with Crippen LogP contribution in [-0.2, 0) is 20.8 Å². The molecular formula is C32H42N8O4. The molecule has 1 aliphatic heterocycles. The van der Waals surface area contributed by atoms with Gasteiger partial charge in [0.1, 0.15) is 11.3 Å². The second kappa shape index (κ2) is 15.0. The summed E-state index contributed by atoms with van der Waals surface area (Å²) >= 11 is 0.